The van der Waals surface area contributed by atoms with Crippen LogP contribution in [0, 0.1) is 0 Å². The third-order valence-corrected chi connectivity index (χ3v) is 1.89. The zero-order valence-electron chi connectivity index (χ0n) is 10.9. The van der Waals surface area contributed by atoms with Crippen molar-refractivity contribution in [2.24, 2.45) is 5.11 Å². The average molecular weight is 241 g/mol. The van der Waals surface area contributed by atoms with Crippen LogP contribution in [0.15, 0.2) is 5.11 Å². The van der Waals surface area contributed by atoms with Crippen LogP contribution in [0.5, 0.6) is 0 Å². The van der Waals surface area contributed by atoms with E-state index in [1.165, 1.54) is 13.8 Å². The number of carbonyl (C=O) groups is 2. The van der Waals surface area contributed by atoms with Crippen LogP contribution in [0.2, 0.25) is 0 Å². The SMILES string of the molecule is CC(=O)NC(C)(CN=[N+]=[N-])C(=O)NC(C)(C)C. The molecule has 0 aromatic rings. The molecule has 2 N–H and O–H groups in total. The van der Waals surface area contributed by atoms with E-state index in [1.807, 2.05) is 20.8 Å². The zero-order chi connectivity index (χ0) is 13.7. The molecule has 0 aliphatic heterocycles. The average Bonchev–Trinajstić information content (AvgIpc) is 2.10. The van der Waals surface area contributed by atoms with E-state index in [0.29, 0.717) is 0 Å². The van der Waals surface area contributed by atoms with E-state index in [-0.39, 0.29) is 18.4 Å². The van der Waals surface area contributed by atoms with Gasteiger partial charge in [0.25, 0.3) is 0 Å². The number of hydrogen-bond acceptors (Lipinski definition) is 3. The molecule has 0 aromatic heterocycles. The molecule has 0 rings (SSSR count). The third-order valence-electron chi connectivity index (χ3n) is 1.89. The van der Waals surface area contributed by atoms with Gasteiger partial charge >= 0.3 is 0 Å². The summed E-state index contributed by atoms with van der Waals surface area (Å²) in [6, 6.07) is 0. The Kier molecular flexibility index (Phi) is 4.97. The predicted octanol–water partition coefficient (Wildman–Crippen LogP) is 1.11. The Bertz CT molecular complexity index is 348. The fraction of sp³-hybridized carbons (Fsp3) is 0.800. The Labute approximate surface area is 101 Å². The van der Waals surface area contributed by atoms with Gasteiger partial charge in [-0.15, -0.1) is 0 Å². The van der Waals surface area contributed by atoms with Gasteiger partial charge in [-0.25, -0.2) is 0 Å². The molecule has 0 fully saturated rings. The lowest BCUT2D eigenvalue weighted by atomic mass is 9.98. The fourth-order valence-electron chi connectivity index (χ4n) is 1.21. The van der Waals surface area contributed by atoms with Gasteiger partial charge < -0.3 is 10.6 Å². The minimum absolute atomic E-state index is 0.134. The van der Waals surface area contributed by atoms with Crippen molar-refractivity contribution >= 4 is 11.8 Å². The van der Waals surface area contributed by atoms with E-state index in [0.717, 1.165) is 0 Å². The number of nitrogens with one attached hydrogen (secondary N) is 2. The largest absolute Gasteiger partial charge is 0.349 e. The predicted molar refractivity (Wildman–Crippen MR) is 64.1 cm³/mol. The normalized spacial score (nSPS) is 14.2. The van der Waals surface area contributed by atoms with Crippen molar-refractivity contribution in [1.29, 1.82) is 0 Å². The van der Waals surface area contributed by atoms with Gasteiger partial charge in [0.1, 0.15) is 5.54 Å². The molecule has 7 heteroatoms. The number of rotatable bonds is 4. The monoisotopic (exact) mass is 241 g/mol. The maximum atomic E-state index is 12.0. The highest BCUT2D eigenvalue weighted by Gasteiger charge is 2.35. The molecule has 1 unspecified atom stereocenters. The first-order valence-corrected chi connectivity index (χ1v) is 5.23. The second-order valence-electron chi connectivity index (χ2n) is 5.11. The minimum atomic E-state index is -1.23. The number of hydrogen-bond donors (Lipinski definition) is 2. The molecule has 0 aromatic carbocycles. The molecule has 0 heterocycles. The standard InChI is InChI=1S/C10H19N5O2/c1-7(16)13-10(5,6-12-15-11)8(17)14-9(2,3)4/h6H2,1-5H3,(H,13,16)(H,14,17). The van der Waals surface area contributed by atoms with Crippen LogP contribution in [0.25, 0.3) is 10.4 Å². The quantitative estimate of drug-likeness (QED) is 0.437. The highest BCUT2D eigenvalue weighted by molar-refractivity contribution is 5.91. The minimum Gasteiger partial charge on any atom is -0.349 e. The van der Waals surface area contributed by atoms with Gasteiger partial charge in [-0.3, -0.25) is 9.59 Å². The van der Waals surface area contributed by atoms with Crippen LogP contribution >= 0.6 is 0 Å². The third kappa shape index (κ3) is 5.77. The van der Waals surface area contributed by atoms with Crippen molar-refractivity contribution in [3.05, 3.63) is 10.4 Å². The molecular formula is C10H19N5O2. The maximum Gasteiger partial charge on any atom is 0.246 e. The zero-order valence-corrected chi connectivity index (χ0v) is 10.9. The summed E-state index contributed by atoms with van der Waals surface area (Å²) in [5.74, 6) is -0.739. The van der Waals surface area contributed by atoms with Gasteiger partial charge in [0, 0.05) is 17.4 Å². The molecule has 2 amide bonds. The van der Waals surface area contributed by atoms with Crippen molar-refractivity contribution in [3.8, 4) is 0 Å². The highest BCUT2D eigenvalue weighted by Crippen LogP contribution is 2.09. The first-order valence-electron chi connectivity index (χ1n) is 5.23. The molecule has 0 saturated carbocycles. The van der Waals surface area contributed by atoms with Gasteiger partial charge in [0.05, 0.1) is 6.54 Å². The molecule has 0 spiro atoms. The molecule has 7 nitrogen and oxygen atoms in total. The Morgan fingerprint density at radius 1 is 1.24 bits per heavy atom. The van der Waals surface area contributed by atoms with E-state index in [2.05, 4.69) is 20.7 Å². The van der Waals surface area contributed by atoms with E-state index in [9.17, 15) is 9.59 Å². The van der Waals surface area contributed by atoms with Crippen molar-refractivity contribution in [2.45, 2.75) is 45.7 Å². The molecule has 96 valence electrons. The smallest absolute Gasteiger partial charge is 0.246 e. The molecule has 1 atom stereocenters. The lowest BCUT2D eigenvalue weighted by Gasteiger charge is -2.31. The van der Waals surface area contributed by atoms with Crippen LogP contribution in [-0.4, -0.2) is 29.4 Å². The Morgan fingerprint density at radius 2 is 1.76 bits per heavy atom. The highest BCUT2D eigenvalue weighted by atomic mass is 16.2. The van der Waals surface area contributed by atoms with Crippen molar-refractivity contribution < 1.29 is 9.59 Å². The summed E-state index contributed by atoms with van der Waals surface area (Å²) in [4.78, 5) is 25.7. The summed E-state index contributed by atoms with van der Waals surface area (Å²) in [7, 11) is 0. The summed E-state index contributed by atoms with van der Waals surface area (Å²) in [6.07, 6.45) is 0. The molecule has 0 aliphatic carbocycles. The lowest BCUT2D eigenvalue weighted by molar-refractivity contribution is -0.132. The second-order valence-corrected chi connectivity index (χ2v) is 5.11. The van der Waals surface area contributed by atoms with Crippen LogP contribution in [0.3, 0.4) is 0 Å². The summed E-state index contributed by atoms with van der Waals surface area (Å²) < 4.78 is 0. The topological polar surface area (TPSA) is 107 Å². The number of nitrogens with zero attached hydrogens (tertiary/aromatic N) is 3. The second kappa shape index (κ2) is 5.54. The lowest BCUT2D eigenvalue weighted by Crippen LogP contribution is -2.61. The Balaban J connectivity index is 4.96. The number of carbonyl (C=O) groups excluding carboxylic acids is 2. The Morgan fingerprint density at radius 3 is 2.12 bits per heavy atom. The van der Waals surface area contributed by atoms with Crippen LogP contribution in [0.4, 0.5) is 0 Å². The van der Waals surface area contributed by atoms with Gasteiger partial charge in [-0.2, -0.15) is 0 Å². The first kappa shape index (κ1) is 15.2. The van der Waals surface area contributed by atoms with Gasteiger partial charge in [0.2, 0.25) is 11.8 Å². The number of amides is 2. The summed E-state index contributed by atoms with van der Waals surface area (Å²) in [6.45, 7) is 8.17. The van der Waals surface area contributed by atoms with E-state index in [4.69, 9.17) is 5.53 Å². The molecule has 17 heavy (non-hydrogen) atoms. The molecule has 0 radical (unpaired) electrons. The molecule has 0 aliphatic rings. The molecule has 0 saturated heterocycles. The molecule has 0 bridgehead atoms. The Hall–Kier alpha value is -1.75. The first-order chi connectivity index (χ1) is 7.60. The molecular weight excluding hydrogens is 222 g/mol. The van der Waals surface area contributed by atoms with Crippen LogP contribution in [-0.2, 0) is 9.59 Å². The van der Waals surface area contributed by atoms with Crippen LogP contribution < -0.4 is 10.6 Å². The van der Waals surface area contributed by atoms with E-state index >= 15 is 0 Å². The summed E-state index contributed by atoms with van der Waals surface area (Å²) in [5.41, 5.74) is 6.64. The number of azide groups is 1. The van der Waals surface area contributed by atoms with Gasteiger partial charge in [-0.05, 0) is 33.2 Å². The van der Waals surface area contributed by atoms with Crippen molar-refractivity contribution in [1.82, 2.24) is 10.6 Å². The summed E-state index contributed by atoms with van der Waals surface area (Å²) >= 11 is 0. The van der Waals surface area contributed by atoms with Gasteiger partial charge in [0.15, 0.2) is 0 Å². The summed E-state index contributed by atoms with van der Waals surface area (Å²) in [5, 5.41) is 8.59. The fourth-order valence-corrected chi connectivity index (χ4v) is 1.21. The maximum absolute atomic E-state index is 12.0. The van der Waals surface area contributed by atoms with E-state index < -0.39 is 11.1 Å². The van der Waals surface area contributed by atoms with Crippen molar-refractivity contribution in [2.75, 3.05) is 6.54 Å². The van der Waals surface area contributed by atoms with Crippen molar-refractivity contribution in [3.63, 3.8) is 0 Å². The van der Waals surface area contributed by atoms with Crippen LogP contribution in [0.1, 0.15) is 34.6 Å². The van der Waals surface area contributed by atoms with Gasteiger partial charge in [-0.1, -0.05) is 5.11 Å². The van der Waals surface area contributed by atoms with E-state index in [1.54, 1.807) is 0 Å².